The summed E-state index contributed by atoms with van der Waals surface area (Å²) in [6, 6.07) is -0.606. The van der Waals surface area contributed by atoms with E-state index in [1.165, 1.54) is 11.1 Å². The Morgan fingerprint density at radius 3 is 3.38 bits per heavy atom. The molecule has 1 aliphatic rings. The van der Waals surface area contributed by atoms with Crippen molar-refractivity contribution in [1.82, 2.24) is 10.2 Å². The summed E-state index contributed by atoms with van der Waals surface area (Å²) < 4.78 is 5.24. The van der Waals surface area contributed by atoms with Gasteiger partial charge in [-0.25, -0.2) is 5.10 Å². The van der Waals surface area contributed by atoms with E-state index in [0.717, 1.165) is 0 Å². The molecule has 0 aliphatic carbocycles. The van der Waals surface area contributed by atoms with Crippen LogP contribution in [0.25, 0.3) is 0 Å². The summed E-state index contributed by atoms with van der Waals surface area (Å²) in [5.41, 5.74) is 6.18. The van der Waals surface area contributed by atoms with E-state index in [1.807, 2.05) is 0 Å². The van der Waals surface area contributed by atoms with E-state index in [2.05, 4.69) is 10.2 Å². The second-order valence-electron chi connectivity index (χ2n) is 2.90. The van der Waals surface area contributed by atoms with Gasteiger partial charge < -0.3 is 15.4 Å². The Morgan fingerprint density at radius 2 is 2.62 bits per heavy atom. The van der Waals surface area contributed by atoms with Crippen molar-refractivity contribution in [3.63, 3.8) is 0 Å². The number of H-pyrrole nitrogens is 1. The number of fused-ring (bicyclic) bond motifs is 1. The quantitative estimate of drug-likeness (QED) is 0.544. The van der Waals surface area contributed by atoms with E-state index in [4.69, 9.17) is 10.5 Å². The first-order valence-corrected chi connectivity index (χ1v) is 3.89. The number of hydrogen-bond donors (Lipinski definition) is 2. The third kappa shape index (κ3) is 1.15. The molecule has 3 N–H and O–H groups in total. The molecule has 0 radical (unpaired) electrons. The van der Waals surface area contributed by atoms with E-state index in [9.17, 15) is 4.79 Å². The van der Waals surface area contributed by atoms with Gasteiger partial charge in [0.2, 0.25) is 11.8 Å². The van der Waals surface area contributed by atoms with Crippen molar-refractivity contribution in [2.75, 3.05) is 18.6 Å². The van der Waals surface area contributed by atoms with Gasteiger partial charge in [0, 0.05) is 7.05 Å². The summed E-state index contributed by atoms with van der Waals surface area (Å²) >= 11 is 0. The second-order valence-corrected chi connectivity index (χ2v) is 2.90. The van der Waals surface area contributed by atoms with E-state index >= 15 is 0 Å². The van der Waals surface area contributed by atoms with Crippen molar-refractivity contribution in [2.45, 2.75) is 6.04 Å². The van der Waals surface area contributed by atoms with Crippen LogP contribution in [0, 0.1) is 0 Å². The molecule has 0 unspecified atom stereocenters. The van der Waals surface area contributed by atoms with Crippen LogP contribution in [0.15, 0.2) is 6.20 Å². The van der Waals surface area contributed by atoms with Crippen LogP contribution in [0.5, 0.6) is 5.88 Å². The minimum atomic E-state index is -0.606. The van der Waals surface area contributed by atoms with Crippen molar-refractivity contribution >= 4 is 11.6 Å². The number of nitrogens with two attached hydrogens (primary N) is 1. The first-order chi connectivity index (χ1) is 6.20. The molecule has 1 aliphatic heterocycles. The van der Waals surface area contributed by atoms with Crippen LogP contribution < -0.4 is 15.4 Å². The third-order valence-corrected chi connectivity index (χ3v) is 2.00. The summed E-state index contributed by atoms with van der Waals surface area (Å²) in [4.78, 5) is 12.9. The Morgan fingerprint density at radius 1 is 1.85 bits per heavy atom. The SMILES string of the molecule is CN1C(=O)[C@@H](N)COc2[nH]ncc21. The lowest BCUT2D eigenvalue weighted by Gasteiger charge is -2.14. The molecule has 2 heterocycles. The molecule has 0 bridgehead atoms. The maximum atomic E-state index is 11.5. The van der Waals surface area contributed by atoms with E-state index in [-0.39, 0.29) is 12.5 Å². The summed E-state index contributed by atoms with van der Waals surface area (Å²) in [7, 11) is 1.64. The van der Waals surface area contributed by atoms with Gasteiger partial charge in [0.15, 0.2) is 0 Å². The number of anilines is 1. The van der Waals surface area contributed by atoms with Crippen LogP contribution in [0.3, 0.4) is 0 Å². The van der Waals surface area contributed by atoms with Gasteiger partial charge in [0.25, 0.3) is 0 Å². The van der Waals surface area contributed by atoms with Gasteiger partial charge in [-0.3, -0.25) is 4.79 Å². The second kappa shape index (κ2) is 2.74. The first kappa shape index (κ1) is 8.06. The highest BCUT2D eigenvalue weighted by Gasteiger charge is 2.27. The van der Waals surface area contributed by atoms with E-state index < -0.39 is 6.04 Å². The first-order valence-electron chi connectivity index (χ1n) is 3.89. The molecule has 1 amide bonds. The molecule has 0 saturated heterocycles. The van der Waals surface area contributed by atoms with E-state index in [0.29, 0.717) is 11.6 Å². The molecular weight excluding hydrogens is 172 g/mol. The average Bonchev–Trinajstić information content (AvgIpc) is 2.56. The molecule has 1 aromatic rings. The van der Waals surface area contributed by atoms with Crippen molar-refractivity contribution in [3.05, 3.63) is 6.20 Å². The molecule has 0 spiro atoms. The Balaban J connectivity index is 2.40. The molecular formula is C7H10N4O2. The lowest BCUT2D eigenvalue weighted by Crippen LogP contribution is -2.43. The Labute approximate surface area is 74.7 Å². The van der Waals surface area contributed by atoms with Gasteiger partial charge in [-0.1, -0.05) is 0 Å². The van der Waals surface area contributed by atoms with Crippen molar-refractivity contribution in [1.29, 1.82) is 0 Å². The highest BCUT2D eigenvalue weighted by molar-refractivity contribution is 5.98. The molecule has 6 heteroatoms. The smallest absolute Gasteiger partial charge is 0.247 e. The van der Waals surface area contributed by atoms with Crippen molar-refractivity contribution < 1.29 is 9.53 Å². The van der Waals surface area contributed by atoms with Gasteiger partial charge in [0.05, 0.1) is 6.20 Å². The fraction of sp³-hybridized carbons (Fsp3) is 0.429. The number of aromatic nitrogens is 2. The number of amides is 1. The number of carbonyl (C=O) groups is 1. The summed E-state index contributed by atoms with van der Waals surface area (Å²) in [5, 5.41) is 6.42. The summed E-state index contributed by atoms with van der Waals surface area (Å²) in [6.07, 6.45) is 1.53. The molecule has 1 atom stereocenters. The minimum absolute atomic E-state index is 0.167. The summed E-state index contributed by atoms with van der Waals surface area (Å²) in [5.74, 6) is 0.323. The number of aromatic amines is 1. The Hall–Kier alpha value is -1.56. The Bertz CT molecular complexity index is 335. The molecule has 1 aromatic heterocycles. The predicted octanol–water partition coefficient (Wildman–Crippen LogP) is -0.908. The zero-order valence-corrected chi connectivity index (χ0v) is 7.15. The number of nitrogens with zero attached hydrogens (tertiary/aromatic N) is 2. The fourth-order valence-corrected chi connectivity index (χ4v) is 1.22. The lowest BCUT2D eigenvalue weighted by molar-refractivity contribution is -0.119. The molecule has 6 nitrogen and oxygen atoms in total. The largest absolute Gasteiger partial charge is 0.474 e. The number of likely N-dealkylation sites (N-methyl/N-ethyl adjacent to an activating group) is 1. The van der Waals surface area contributed by atoms with Crippen LogP contribution in [-0.4, -0.2) is 35.8 Å². The van der Waals surface area contributed by atoms with Crippen LogP contribution >= 0.6 is 0 Å². The number of hydrogen-bond acceptors (Lipinski definition) is 4. The monoisotopic (exact) mass is 182 g/mol. The zero-order chi connectivity index (χ0) is 9.42. The number of rotatable bonds is 0. The van der Waals surface area contributed by atoms with Crippen LogP contribution in [0.1, 0.15) is 0 Å². The maximum Gasteiger partial charge on any atom is 0.247 e. The lowest BCUT2D eigenvalue weighted by atomic mass is 10.3. The van der Waals surface area contributed by atoms with Crippen molar-refractivity contribution in [3.8, 4) is 5.88 Å². The average molecular weight is 182 g/mol. The van der Waals surface area contributed by atoms with Crippen LogP contribution in [-0.2, 0) is 4.79 Å². The molecule has 0 fully saturated rings. The summed E-state index contributed by atoms with van der Waals surface area (Å²) in [6.45, 7) is 0.179. The number of ether oxygens (including phenoxy) is 1. The highest BCUT2D eigenvalue weighted by Crippen LogP contribution is 2.26. The minimum Gasteiger partial charge on any atom is -0.474 e. The van der Waals surface area contributed by atoms with E-state index in [1.54, 1.807) is 7.05 Å². The van der Waals surface area contributed by atoms with Gasteiger partial charge in [-0.2, -0.15) is 5.10 Å². The van der Waals surface area contributed by atoms with Gasteiger partial charge in [-0.15, -0.1) is 0 Å². The van der Waals surface area contributed by atoms with Gasteiger partial charge >= 0.3 is 0 Å². The molecule has 0 aromatic carbocycles. The fourth-order valence-electron chi connectivity index (χ4n) is 1.22. The topological polar surface area (TPSA) is 84.2 Å². The maximum absolute atomic E-state index is 11.5. The van der Waals surface area contributed by atoms with Crippen LogP contribution in [0.4, 0.5) is 5.69 Å². The molecule has 2 rings (SSSR count). The highest BCUT2D eigenvalue weighted by atomic mass is 16.5. The molecule has 13 heavy (non-hydrogen) atoms. The van der Waals surface area contributed by atoms with Gasteiger partial charge in [0.1, 0.15) is 18.3 Å². The third-order valence-electron chi connectivity index (χ3n) is 2.00. The number of nitrogens with one attached hydrogen (secondary N) is 1. The molecule has 70 valence electrons. The van der Waals surface area contributed by atoms with Crippen molar-refractivity contribution in [2.24, 2.45) is 5.73 Å². The van der Waals surface area contributed by atoms with Crippen LogP contribution in [0.2, 0.25) is 0 Å². The Kier molecular flexibility index (Phi) is 1.70. The van der Waals surface area contributed by atoms with Gasteiger partial charge in [-0.05, 0) is 0 Å². The number of carbonyl (C=O) groups excluding carboxylic acids is 1. The molecule has 0 saturated carbocycles. The zero-order valence-electron chi connectivity index (χ0n) is 7.15. The predicted molar refractivity (Wildman–Crippen MR) is 45.5 cm³/mol. The standard InChI is InChI=1S/C7H10N4O2/c1-11-5-2-9-10-6(5)13-3-4(8)7(11)12/h2,4H,3,8H2,1H3,(H,9,10)/t4-/m0/s1. The normalized spacial score (nSPS) is 22.2.